The number of hydrogen-bond acceptors (Lipinski definition) is 5. The molecule has 0 amide bonds. The zero-order valence-electron chi connectivity index (χ0n) is 12.6. The lowest BCUT2D eigenvalue weighted by Gasteiger charge is -2.32. The van der Waals surface area contributed by atoms with Crippen molar-refractivity contribution < 1.29 is 19.4 Å². The van der Waals surface area contributed by atoms with Crippen LogP contribution in [0.4, 0.5) is 0 Å². The fourth-order valence-corrected chi connectivity index (χ4v) is 2.08. The van der Waals surface area contributed by atoms with Gasteiger partial charge in [0.25, 0.3) is 0 Å². The van der Waals surface area contributed by atoms with Crippen LogP contribution in [0.5, 0.6) is 0 Å². The Morgan fingerprint density at radius 2 is 1.71 bits per heavy atom. The minimum Gasteiger partial charge on any atom is -0.480 e. The van der Waals surface area contributed by atoms with Crippen molar-refractivity contribution in [3.05, 3.63) is 35.9 Å². The van der Waals surface area contributed by atoms with E-state index in [2.05, 4.69) is 0 Å². The Morgan fingerprint density at radius 1 is 1.19 bits per heavy atom. The third kappa shape index (κ3) is 5.09. The molecule has 21 heavy (non-hydrogen) atoms. The normalized spacial score (nSPS) is 14.1. The number of carboxylic acids is 1. The lowest BCUT2D eigenvalue weighted by molar-refractivity contribution is -0.144. The highest BCUT2D eigenvalue weighted by molar-refractivity contribution is 5.80. The Kier molecular flexibility index (Phi) is 7.31. The molecule has 1 rings (SSSR count). The monoisotopic (exact) mass is 296 g/mol. The van der Waals surface area contributed by atoms with Crippen LogP contribution in [0, 0.1) is 0 Å². The van der Waals surface area contributed by atoms with Crippen molar-refractivity contribution in [2.24, 2.45) is 5.73 Å². The first-order valence-corrected chi connectivity index (χ1v) is 6.82. The molecule has 0 aromatic heterocycles. The molecule has 0 aliphatic heterocycles. The summed E-state index contributed by atoms with van der Waals surface area (Å²) in [5.41, 5.74) is 5.31. The standard InChI is InChI=1S/C15H24N2O4/c1-20-10-8-17(9-11-21-2)12-15(16,14(18)19)13-6-4-3-5-7-13/h3-7H,8-12,16H2,1-2H3,(H,18,19). The van der Waals surface area contributed by atoms with E-state index in [4.69, 9.17) is 15.2 Å². The average molecular weight is 296 g/mol. The second-order valence-corrected chi connectivity index (χ2v) is 4.90. The van der Waals surface area contributed by atoms with E-state index in [9.17, 15) is 9.90 Å². The molecule has 0 heterocycles. The van der Waals surface area contributed by atoms with E-state index in [0.29, 0.717) is 31.9 Å². The zero-order chi connectivity index (χ0) is 15.7. The predicted molar refractivity (Wildman–Crippen MR) is 80.1 cm³/mol. The summed E-state index contributed by atoms with van der Waals surface area (Å²) in [5, 5.41) is 9.57. The molecular weight excluding hydrogens is 272 g/mol. The number of carbonyl (C=O) groups is 1. The van der Waals surface area contributed by atoms with Gasteiger partial charge in [-0.25, -0.2) is 4.79 Å². The topological polar surface area (TPSA) is 85.0 Å². The first-order chi connectivity index (χ1) is 10.0. The van der Waals surface area contributed by atoms with Crippen LogP contribution in [0.3, 0.4) is 0 Å². The van der Waals surface area contributed by atoms with Crippen molar-refractivity contribution in [3.63, 3.8) is 0 Å². The summed E-state index contributed by atoms with van der Waals surface area (Å²) < 4.78 is 10.1. The van der Waals surface area contributed by atoms with Gasteiger partial charge in [0.2, 0.25) is 0 Å². The Balaban J connectivity index is 2.90. The van der Waals surface area contributed by atoms with Crippen molar-refractivity contribution in [1.29, 1.82) is 0 Å². The molecule has 0 aliphatic carbocycles. The lowest BCUT2D eigenvalue weighted by Crippen LogP contribution is -2.54. The molecule has 0 saturated heterocycles. The number of nitrogens with zero attached hydrogens (tertiary/aromatic N) is 1. The van der Waals surface area contributed by atoms with E-state index in [0.717, 1.165) is 0 Å². The molecule has 0 fully saturated rings. The van der Waals surface area contributed by atoms with E-state index >= 15 is 0 Å². The Hall–Kier alpha value is -1.47. The fraction of sp³-hybridized carbons (Fsp3) is 0.533. The van der Waals surface area contributed by atoms with Crippen LogP contribution in [0.2, 0.25) is 0 Å². The van der Waals surface area contributed by atoms with Crippen LogP contribution < -0.4 is 5.73 Å². The lowest BCUT2D eigenvalue weighted by atomic mass is 9.90. The Labute approximate surface area is 125 Å². The van der Waals surface area contributed by atoms with Crippen LogP contribution in [0.15, 0.2) is 30.3 Å². The summed E-state index contributed by atoms with van der Waals surface area (Å²) in [6.07, 6.45) is 0. The van der Waals surface area contributed by atoms with E-state index < -0.39 is 11.5 Å². The number of nitrogens with two attached hydrogens (primary N) is 1. The minimum absolute atomic E-state index is 0.194. The summed E-state index contributed by atoms with van der Waals surface area (Å²) in [5.74, 6) is -1.05. The number of rotatable bonds is 10. The molecule has 0 aliphatic rings. The van der Waals surface area contributed by atoms with Gasteiger partial charge in [0.15, 0.2) is 5.54 Å². The van der Waals surface area contributed by atoms with Crippen molar-refractivity contribution in [1.82, 2.24) is 4.90 Å². The van der Waals surface area contributed by atoms with Gasteiger partial charge in [-0.15, -0.1) is 0 Å². The summed E-state index contributed by atoms with van der Waals surface area (Å²) in [6, 6.07) is 8.88. The number of benzene rings is 1. The first-order valence-electron chi connectivity index (χ1n) is 6.82. The quantitative estimate of drug-likeness (QED) is 0.655. The van der Waals surface area contributed by atoms with Gasteiger partial charge in [0, 0.05) is 33.9 Å². The fourth-order valence-electron chi connectivity index (χ4n) is 2.08. The Bertz CT molecular complexity index is 419. The Morgan fingerprint density at radius 3 is 2.14 bits per heavy atom. The van der Waals surface area contributed by atoms with Crippen LogP contribution in [0.25, 0.3) is 0 Å². The van der Waals surface area contributed by atoms with Crippen LogP contribution in [0.1, 0.15) is 5.56 Å². The van der Waals surface area contributed by atoms with E-state index in [1.807, 2.05) is 11.0 Å². The number of ether oxygens (including phenoxy) is 2. The molecule has 1 unspecified atom stereocenters. The van der Waals surface area contributed by atoms with E-state index in [1.54, 1.807) is 38.5 Å². The van der Waals surface area contributed by atoms with Gasteiger partial charge < -0.3 is 20.3 Å². The second kappa shape index (κ2) is 8.74. The van der Waals surface area contributed by atoms with E-state index in [-0.39, 0.29) is 6.54 Å². The molecule has 6 heteroatoms. The predicted octanol–water partition coefficient (Wildman–Crippen LogP) is 0.520. The van der Waals surface area contributed by atoms with Gasteiger partial charge in [-0.2, -0.15) is 0 Å². The van der Waals surface area contributed by atoms with Gasteiger partial charge in [-0.05, 0) is 5.56 Å². The largest absolute Gasteiger partial charge is 0.480 e. The molecule has 0 saturated carbocycles. The molecule has 3 N–H and O–H groups in total. The summed E-state index contributed by atoms with van der Waals surface area (Å²) in [6.45, 7) is 2.40. The van der Waals surface area contributed by atoms with Crippen LogP contribution in [-0.4, -0.2) is 63.0 Å². The number of aliphatic carboxylic acids is 1. The van der Waals surface area contributed by atoms with Gasteiger partial charge in [0.05, 0.1) is 13.2 Å². The maximum absolute atomic E-state index is 11.7. The summed E-state index contributed by atoms with van der Waals surface area (Å²) in [4.78, 5) is 13.6. The molecule has 118 valence electrons. The molecule has 6 nitrogen and oxygen atoms in total. The SMILES string of the molecule is COCCN(CCOC)CC(N)(C(=O)O)c1ccccc1. The molecule has 1 aromatic carbocycles. The highest BCUT2D eigenvalue weighted by Crippen LogP contribution is 2.20. The van der Waals surface area contributed by atoms with Crippen LogP contribution in [-0.2, 0) is 19.8 Å². The van der Waals surface area contributed by atoms with Crippen molar-refractivity contribution in [2.45, 2.75) is 5.54 Å². The molecule has 0 bridgehead atoms. The number of hydrogen-bond donors (Lipinski definition) is 2. The number of carboxylic acid groups (broad SMARTS) is 1. The maximum Gasteiger partial charge on any atom is 0.329 e. The second-order valence-electron chi connectivity index (χ2n) is 4.90. The molecule has 0 radical (unpaired) electrons. The molecular formula is C15H24N2O4. The zero-order valence-corrected chi connectivity index (χ0v) is 12.6. The van der Waals surface area contributed by atoms with Crippen molar-refractivity contribution in [2.75, 3.05) is 47.1 Å². The molecule has 1 aromatic rings. The maximum atomic E-state index is 11.7. The van der Waals surface area contributed by atoms with Crippen LogP contribution >= 0.6 is 0 Å². The highest BCUT2D eigenvalue weighted by Gasteiger charge is 2.37. The third-order valence-electron chi connectivity index (χ3n) is 3.37. The van der Waals surface area contributed by atoms with Gasteiger partial charge >= 0.3 is 5.97 Å². The van der Waals surface area contributed by atoms with Gasteiger partial charge in [-0.3, -0.25) is 4.90 Å². The van der Waals surface area contributed by atoms with Gasteiger partial charge in [-0.1, -0.05) is 30.3 Å². The van der Waals surface area contributed by atoms with Gasteiger partial charge in [0.1, 0.15) is 0 Å². The number of methoxy groups -OCH3 is 2. The van der Waals surface area contributed by atoms with E-state index in [1.165, 1.54) is 0 Å². The summed E-state index contributed by atoms with van der Waals surface area (Å²) >= 11 is 0. The third-order valence-corrected chi connectivity index (χ3v) is 3.37. The van der Waals surface area contributed by atoms with Crippen molar-refractivity contribution >= 4 is 5.97 Å². The summed E-state index contributed by atoms with van der Waals surface area (Å²) in [7, 11) is 3.22. The first kappa shape index (κ1) is 17.6. The smallest absolute Gasteiger partial charge is 0.329 e. The molecule has 1 atom stereocenters. The van der Waals surface area contributed by atoms with Crippen molar-refractivity contribution in [3.8, 4) is 0 Å². The molecule has 0 spiro atoms. The highest BCUT2D eigenvalue weighted by atomic mass is 16.5. The minimum atomic E-state index is -1.46. The average Bonchev–Trinajstić information content (AvgIpc) is 2.50.